The van der Waals surface area contributed by atoms with Crippen LogP contribution < -0.4 is 10.1 Å². The number of hydrogen-bond acceptors (Lipinski definition) is 5. The van der Waals surface area contributed by atoms with Crippen LogP contribution in [0.3, 0.4) is 0 Å². The number of piperidine rings is 1. The molecule has 8 nitrogen and oxygen atoms in total. The molecule has 1 atom stereocenters. The summed E-state index contributed by atoms with van der Waals surface area (Å²) in [5.74, 6) is -0.212. The van der Waals surface area contributed by atoms with Crippen molar-refractivity contribution in [1.29, 1.82) is 0 Å². The van der Waals surface area contributed by atoms with E-state index < -0.39 is 22.0 Å². The molecule has 0 aliphatic carbocycles. The molecule has 1 N–H and O–H groups in total. The number of sulfonamides is 1. The van der Waals surface area contributed by atoms with Crippen LogP contribution >= 0.6 is 11.6 Å². The van der Waals surface area contributed by atoms with Gasteiger partial charge in [-0.15, -0.1) is 0 Å². The van der Waals surface area contributed by atoms with E-state index in [2.05, 4.69) is 5.32 Å². The molecular weight excluding hydrogens is 478 g/mol. The minimum absolute atomic E-state index is 0.0624. The first kappa shape index (κ1) is 24.1. The number of hydrogen-bond donors (Lipinski definition) is 1. The fourth-order valence-electron chi connectivity index (χ4n) is 4.01. The Bertz CT molecular complexity index is 1190. The first-order valence-corrected chi connectivity index (χ1v) is 12.8. The summed E-state index contributed by atoms with van der Waals surface area (Å²) >= 11 is 6.16. The van der Waals surface area contributed by atoms with E-state index in [4.69, 9.17) is 16.3 Å². The Kier molecular flexibility index (Phi) is 7.13. The second kappa shape index (κ2) is 10.1. The zero-order chi connectivity index (χ0) is 24.3. The number of amides is 2. The van der Waals surface area contributed by atoms with Crippen LogP contribution in [0.15, 0.2) is 65.8 Å². The van der Waals surface area contributed by atoms with Crippen molar-refractivity contribution in [2.24, 2.45) is 0 Å². The molecule has 2 aromatic carbocycles. The summed E-state index contributed by atoms with van der Waals surface area (Å²) in [7, 11) is -4.00. The second-order valence-corrected chi connectivity index (χ2v) is 10.6. The maximum Gasteiger partial charge on any atom is 0.264 e. The van der Waals surface area contributed by atoms with Gasteiger partial charge in [0.25, 0.3) is 10.0 Å². The maximum absolute atomic E-state index is 13.2. The highest BCUT2D eigenvalue weighted by Gasteiger charge is 2.38. The topological polar surface area (TPSA) is 96.0 Å². The Morgan fingerprint density at radius 1 is 1.12 bits per heavy atom. The molecule has 2 amide bonds. The number of carbonyl (C=O) groups excluding carboxylic acids is 2. The van der Waals surface area contributed by atoms with E-state index in [-0.39, 0.29) is 23.3 Å². The van der Waals surface area contributed by atoms with Gasteiger partial charge >= 0.3 is 0 Å². The molecule has 0 bridgehead atoms. The number of halogens is 1. The third-order valence-electron chi connectivity index (χ3n) is 5.95. The first-order valence-electron chi connectivity index (χ1n) is 11.0. The molecular formula is C24H26ClN3O5S. The van der Waals surface area contributed by atoms with E-state index in [1.807, 2.05) is 19.1 Å². The van der Waals surface area contributed by atoms with Crippen LogP contribution in [0.4, 0.5) is 0 Å². The van der Waals surface area contributed by atoms with Gasteiger partial charge in [0.1, 0.15) is 17.9 Å². The second-order valence-electron chi connectivity index (χ2n) is 8.32. The zero-order valence-electron chi connectivity index (χ0n) is 18.7. The Labute approximate surface area is 204 Å². The predicted molar refractivity (Wildman–Crippen MR) is 128 cm³/mol. The minimum atomic E-state index is -4.00. The average Bonchev–Trinajstić information content (AvgIpc) is 2.82. The molecule has 1 saturated heterocycles. The molecule has 2 aliphatic heterocycles. The molecule has 2 aromatic rings. The summed E-state index contributed by atoms with van der Waals surface area (Å²) in [4.78, 5) is 27.3. The lowest BCUT2D eigenvalue weighted by Crippen LogP contribution is -2.52. The first-order chi connectivity index (χ1) is 16.3. The summed E-state index contributed by atoms with van der Waals surface area (Å²) in [6.45, 7) is 2.75. The van der Waals surface area contributed by atoms with Crippen LogP contribution in [0.2, 0.25) is 5.02 Å². The van der Waals surface area contributed by atoms with E-state index in [1.54, 1.807) is 29.2 Å². The summed E-state index contributed by atoms with van der Waals surface area (Å²) in [5, 5.41) is 3.05. The van der Waals surface area contributed by atoms with Crippen molar-refractivity contribution >= 4 is 33.4 Å². The van der Waals surface area contributed by atoms with Gasteiger partial charge in [-0.05, 0) is 31.2 Å². The van der Waals surface area contributed by atoms with Crippen molar-refractivity contribution in [2.75, 3.05) is 13.1 Å². The van der Waals surface area contributed by atoms with E-state index >= 15 is 0 Å². The van der Waals surface area contributed by atoms with Crippen molar-refractivity contribution in [3.8, 4) is 5.75 Å². The van der Waals surface area contributed by atoms with Crippen molar-refractivity contribution in [1.82, 2.24) is 14.5 Å². The molecule has 10 heteroatoms. The number of nitrogens with zero attached hydrogens (tertiary/aromatic N) is 2. The third kappa shape index (κ3) is 5.20. The number of carbonyl (C=O) groups is 2. The quantitative estimate of drug-likeness (QED) is 0.653. The number of ether oxygens (including phenoxy) is 1. The zero-order valence-corrected chi connectivity index (χ0v) is 20.3. The fourth-order valence-corrected chi connectivity index (χ4v) is 5.64. The highest BCUT2D eigenvalue weighted by molar-refractivity contribution is 7.89. The summed E-state index contributed by atoms with van der Waals surface area (Å²) in [5.41, 5.74) is 0.916. The molecule has 2 heterocycles. The highest BCUT2D eigenvalue weighted by atomic mass is 35.5. The average molecular weight is 504 g/mol. The maximum atomic E-state index is 13.2. The van der Waals surface area contributed by atoms with E-state index in [0.717, 1.165) is 9.87 Å². The lowest BCUT2D eigenvalue weighted by atomic mass is 10.1. The third-order valence-corrected chi connectivity index (χ3v) is 8.06. The Hall–Kier alpha value is -3.04. The summed E-state index contributed by atoms with van der Waals surface area (Å²) in [6, 6.07) is 12.4. The van der Waals surface area contributed by atoms with Crippen LogP contribution in [-0.4, -0.2) is 54.7 Å². The Morgan fingerprint density at radius 2 is 1.79 bits per heavy atom. The molecule has 1 fully saturated rings. The Balaban J connectivity index is 1.41. The van der Waals surface area contributed by atoms with Crippen molar-refractivity contribution in [3.63, 3.8) is 0 Å². The number of aryl methyl sites for hydroxylation is 1. The van der Waals surface area contributed by atoms with E-state index in [9.17, 15) is 18.0 Å². The van der Waals surface area contributed by atoms with Gasteiger partial charge in [-0.3, -0.25) is 13.9 Å². The van der Waals surface area contributed by atoms with Crippen LogP contribution in [0, 0.1) is 6.92 Å². The predicted octanol–water partition coefficient (Wildman–Crippen LogP) is 3.07. The van der Waals surface area contributed by atoms with E-state index in [0.29, 0.717) is 36.7 Å². The standard InChI is InChI=1S/C24H26ClN3O5S/c1-17-6-8-19(9-7-17)34(31,32)28-15-12-26-24(30)21(28)16-23(29)27-13-10-18(11-14-27)33-22-5-3-2-4-20(22)25/h2-9,12,15,18,21H,10-11,13-14,16H2,1H3,(H,26,30)/t21-/m1/s1. The monoisotopic (exact) mass is 503 g/mol. The minimum Gasteiger partial charge on any atom is -0.489 e. The van der Waals surface area contributed by atoms with Gasteiger partial charge in [0, 0.05) is 38.3 Å². The number of nitrogens with one attached hydrogen (secondary N) is 1. The molecule has 0 spiro atoms. The SMILES string of the molecule is Cc1ccc(S(=O)(=O)N2C=CNC(=O)[C@H]2CC(=O)N2CCC(Oc3ccccc3Cl)CC2)cc1. The molecule has 4 rings (SSSR count). The smallest absolute Gasteiger partial charge is 0.264 e. The molecule has 2 aliphatic rings. The highest BCUT2D eigenvalue weighted by Crippen LogP contribution is 2.28. The summed E-state index contributed by atoms with van der Waals surface area (Å²) in [6.07, 6.45) is 3.45. The number of benzene rings is 2. The lowest BCUT2D eigenvalue weighted by molar-refractivity contribution is -0.137. The number of para-hydroxylation sites is 1. The summed E-state index contributed by atoms with van der Waals surface area (Å²) < 4.78 is 33.3. The fraction of sp³-hybridized carbons (Fsp3) is 0.333. The van der Waals surface area contributed by atoms with Gasteiger partial charge in [-0.25, -0.2) is 8.42 Å². The number of likely N-dealkylation sites (tertiary alicyclic amines) is 1. The van der Waals surface area contributed by atoms with Gasteiger partial charge in [-0.2, -0.15) is 0 Å². The molecule has 180 valence electrons. The van der Waals surface area contributed by atoms with Crippen LogP contribution in [0.25, 0.3) is 0 Å². The normalized spacial score (nSPS) is 19.1. The van der Waals surface area contributed by atoms with Crippen LogP contribution in [-0.2, 0) is 19.6 Å². The van der Waals surface area contributed by atoms with Crippen LogP contribution in [0.5, 0.6) is 5.75 Å². The number of rotatable bonds is 6. The van der Waals surface area contributed by atoms with Crippen molar-refractivity contribution in [2.45, 2.75) is 43.2 Å². The Morgan fingerprint density at radius 3 is 2.47 bits per heavy atom. The van der Waals surface area contributed by atoms with Gasteiger partial charge in [0.05, 0.1) is 16.3 Å². The molecule has 0 aromatic heterocycles. The van der Waals surface area contributed by atoms with Gasteiger partial charge in [0.2, 0.25) is 11.8 Å². The van der Waals surface area contributed by atoms with Gasteiger partial charge in [0.15, 0.2) is 0 Å². The van der Waals surface area contributed by atoms with E-state index in [1.165, 1.54) is 24.5 Å². The lowest BCUT2D eigenvalue weighted by Gasteiger charge is -2.35. The van der Waals surface area contributed by atoms with Crippen LogP contribution in [0.1, 0.15) is 24.8 Å². The molecule has 0 radical (unpaired) electrons. The molecule has 34 heavy (non-hydrogen) atoms. The van der Waals surface area contributed by atoms with Crippen molar-refractivity contribution in [3.05, 3.63) is 71.5 Å². The molecule has 0 unspecified atom stereocenters. The largest absolute Gasteiger partial charge is 0.489 e. The van der Waals surface area contributed by atoms with Gasteiger partial charge < -0.3 is 15.0 Å². The van der Waals surface area contributed by atoms with Crippen molar-refractivity contribution < 1.29 is 22.7 Å². The van der Waals surface area contributed by atoms with Gasteiger partial charge in [-0.1, -0.05) is 41.4 Å². The molecule has 0 saturated carbocycles.